The minimum atomic E-state index is 0.192. The van der Waals surface area contributed by atoms with E-state index in [2.05, 4.69) is 36.1 Å². The fourth-order valence-electron chi connectivity index (χ4n) is 2.46. The monoisotopic (exact) mass is 308 g/mol. The van der Waals surface area contributed by atoms with Crippen LogP contribution in [0.3, 0.4) is 0 Å². The molecule has 0 spiro atoms. The van der Waals surface area contributed by atoms with Gasteiger partial charge in [0.15, 0.2) is 0 Å². The molecule has 5 heteroatoms. The van der Waals surface area contributed by atoms with Gasteiger partial charge in [0.1, 0.15) is 0 Å². The summed E-state index contributed by atoms with van der Waals surface area (Å²) in [5, 5.41) is 8.99. The summed E-state index contributed by atoms with van der Waals surface area (Å²) in [4.78, 5) is 17.6. The Hall–Kier alpha value is -1.04. The number of hydrogen-bond acceptors (Lipinski definition) is 4. The Morgan fingerprint density at radius 3 is 2.67 bits per heavy atom. The quantitative estimate of drug-likeness (QED) is 0.840. The molecule has 0 aliphatic carbocycles. The summed E-state index contributed by atoms with van der Waals surface area (Å²) in [7, 11) is 0. The van der Waals surface area contributed by atoms with E-state index in [4.69, 9.17) is 5.11 Å². The van der Waals surface area contributed by atoms with E-state index in [0.717, 1.165) is 37.5 Å². The molecular weight excluding hydrogens is 284 g/mol. The summed E-state index contributed by atoms with van der Waals surface area (Å²) in [5.74, 6) is 0.717. The van der Waals surface area contributed by atoms with Gasteiger partial charge in [0.2, 0.25) is 5.91 Å². The number of aliphatic hydroxyl groups is 1. The number of benzene rings is 1. The lowest BCUT2D eigenvalue weighted by Crippen LogP contribution is -2.36. The van der Waals surface area contributed by atoms with Gasteiger partial charge in [-0.3, -0.25) is 9.69 Å². The molecule has 2 rings (SSSR count). The van der Waals surface area contributed by atoms with Crippen molar-refractivity contribution in [2.24, 2.45) is 0 Å². The third kappa shape index (κ3) is 5.34. The zero-order valence-corrected chi connectivity index (χ0v) is 13.4. The summed E-state index contributed by atoms with van der Waals surface area (Å²) in [6.45, 7) is 6.39. The van der Waals surface area contributed by atoms with E-state index in [1.807, 2.05) is 4.90 Å². The summed E-state index contributed by atoms with van der Waals surface area (Å²) in [6, 6.07) is 8.29. The fraction of sp³-hybridized carbons (Fsp3) is 0.562. The maximum atomic E-state index is 12.3. The van der Waals surface area contributed by atoms with E-state index in [1.165, 1.54) is 5.56 Å². The van der Waals surface area contributed by atoms with Crippen LogP contribution < -0.4 is 0 Å². The molecule has 1 amide bonds. The first-order valence-corrected chi connectivity index (χ1v) is 8.48. The molecule has 21 heavy (non-hydrogen) atoms. The molecule has 4 nitrogen and oxygen atoms in total. The van der Waals surface area contributed by atoms with Gasteiger partial charge >= 0.3 is 0 Å². The third-order valence-corrected chi connectivity index (χ3v) is 4.74. The summed E-state index contributed by atoms with van der Waals surface area (Å²) < 4.78 is 0. The Morgan fingerprint density at radius 1 is 1.19 bits per heavy atom. The van der Waals surface area contributed by atoms with Gasteiger partial charge in [-0.25, -0.2) is 0 Å². The van der Waals surface area contributed by atoms with Crippen molar-refractivity contribution in [3.8, 4) is 0 Å². The van der Waals surface area contributed by atoms with E-state index >= 15 is 0 Å². The number of aliphatic hydroxyl groups excluding tert-OH is 1. The fourth-order valence-corrected chi connectivity index (χ4v) is 3.26. The number of carbonyl (C=O) groups excluding carboxylic acids is 1. The maximum absolute atomic E-state index is 12.3. The topological polar surface area (TPSA) is 43.8 Å². The Bertz CT molecular complexity index is 450. The molecule has 0 atom stereocenters. The first kappa shape index (κ1) is 16.3. The minimum absolute atomic E-state index is 0.192. The van der Waals surface area contributed by atoms with Crippen LogP contribution in [0.1, 0.15) is 12.0 Å². The largest absolute Gasteiger partial charge is 0.395 e. The van der Waals surface area contributed by atoms with Gasteiger partial charge in [0.05, 0.1) is 12.4 Å². The molecule has 1 N–H and O–H groups in total. The Labute approximate surface area is 131 Å². The van der Waals surface area contributed by atoms with Gasteiger partial charge in [0.25, 0.3) is 0 Å². The molecule has 116 valence electrons. The molecule has 1 heterocycles. The molecule has 1 aliphatic rings. The second-order valence-electron chi connectivity index (χ2n) is 5.40. The van der Waals surface area contributed by atoms with Gasteiger partial charge in [-0.05, 0) is 32.0 Å². The summed E-state index contributed by atoms with van der Waals surface area (Å²) in [6.07, 6.45) is 0.987. The molecule has 1 saturated heterocycles. The number of β-amino-alcohol motifs (C(OH)–C–C–N with tert-alkyl or cyclic N) is 1. The molecule has 1 fully saturated rings. The number of aryl methyl sites for hydroxylation is 1. The zero-order valence-electron chi connectivity index (χ0n) is 12.6. The highest BCUT2D eigenvalue weighted by Crippen LogP contribution is 2.19. The Morgan fingerprint density at radius 2 is 1.95 bits per heavy atom. The van der Waals surface area contributed by atoms with E-state index < -0.39 is 0 Å². The average molecular weight is 308 g/mol. The van der Waals surface area contributed by atoms with Crippen LogP contribution in [0, 0.1) is 6.92 Å². The molecular formula is C16H24N2O2S. The Kier molecular flexibility index (Phi) is 6.54. The molecule has 0 unspecified atom stereocenters. The number of thioether (sulfide) groups is 1. The predicted molar refractivity (Wildman–Crippen MR) is 86.6 cm³/mol. The number of amides is 1. The van der Waals surface area contributed by atoms with E-state index in [1.54, 1.807) is 11.8 Å². The second kappa shape index (κ2) is 8.41. The lowest BCUT2D eigenvalue weighted by atomic mass is 10.2. The van der Waals surface area contributed by atoms with Crippen LogP contribution >= 0.6 is 11.8 Å². The van der Waals surface area contributed by atoms with Crippen molar-refractivity contribution in [1.82, 2.24) is 9.80 Å². The molecule has 1 aromatic carbocycles. The molecule has 1 aliphatic heterocycles. The van der Waals surface area contributed by atoms with Crippen molar-refractivity contribution in [3.63, 3.8) is 0 Å². The summed E-state index contributed by atoms with van der Waals surface area (Å²) >= 11 is 1.60. The van der Waals surface area contributed by atoms with Crippen LogP contribution in [0.25, 0.3) is 0 Å². The second-order valence-corrected chi connectivity index (χ2v) is 6.45. The smallest absolute Gasteiger partial charge is 0.232 e. The van der Waals surface area contributed by atoms with E-state index in [-0.39, 0.29) is 12.5 Å². The lowest BCUT2D eigenvalue weighted by molar-refractivity contribution is -0.128. The van der Waals surface area contributed by atoms with Crippen LogP contribution in [0.15, 0.2) is 29.2 Å². The van der Waals surface area contributed by atoms with Gasteiger partial charge in [-0.2, -0.15) is 0 Å². The van der Waals surface area contributed by atoms with Crippen molar-refractivity contribution in [3.05, 3.63) is 29.8 Å². The SMILES string of the molecule is Cc1ccc(SCC(=O)N2CCCN(CCO)CC2)cc1. The number of rotatable bonds is 5. The number of nitrogens with zero attached hydrogens (tertiary/aromatic N) is 2. The normalized spacial score (nSPS) is 16.8. The molecule has 0 bridgehead atoms. The standard InChI is InChI=1S/C16H24N2O2S/c1-14-3-5-15(6-4-14)21-13-16(20)18-8-2-7-17(9-10-18)11-12-19/h3-6,19H,2,7-13H2,1H3. The van der Waals surface area contributed by atoms with Crippen molar-refractivity contribution >= 4 is 17.7 Å². The maximum Gasteiger partial charge on any atom is 0.232 e. The van der Waals surface area contributed by atoms with Crippen molar-refractivity contribution in [2.75, 3.05) is 45.1 Å². The van der Waals surface area contributed by atoms with Crippen molar-refractivity contribution in [2.45, 2.75) is 18.2 Å². The van der Waals surface area contributed by atoms with E-state index in [9.17, 15) is 4.79 Å². The van der Waals surface area contributed by atoms with Crippen LogP contribution in [0.2, 0.25) is 0 Å². The van der Waals surface area contributed by atoms with Gasteiger partial charge in [0, 0.05) is 31.1 Å². The van der Waals surface area contributed by atoms with Crippen molar-refractivity contribution < 1.29 is 9.90 Å². The van der Waals surface area contributed by atoms with Crippen LogP contribution in [0.5, 0.6) is 0 Å². The minimum Gasteiger partial charge on any atom is -0.395 e. The third-order valence-electron chi connectivity index (χ3n) is 3.74. The van der Waals surface area contributed by atoms with Gasteiger partial charge in [-0.1, -0.05) is 17.7 Å². The highest BCUT2D eigenvalue weighted by molar-refractivity contribution is 8.00. The highest BCUT2D eigenvalue weighted by atomic mass is 32.2. The molecule has 1 aromatic rings. The first-order chi connectivity index (χ1) is 10.2. The van der Waals surface area contributed by atoms with E-state index in [0.29, 0.717) is 12.3 Å². The highest BCUT2D eigenvalue weighted by Gasteiger charge is 2.18. The molecule has 0 radical (unpaired) electrons. The molecule has 0 aromatic heterocycles. The molecule has 0 saturated carbocycles. The average Bonchev–Trinajstić information content (AvgIpc) is 2.72. The Balaban J connectivity index is 1.79. The first-order valence-electron chi connectivity index (χ1n) is 7.49. The number of hydrogen-bond donors (Lipinski definition) is 1. The van der Waals surface area contributed by atoms with Crippen LogP contribution in [-0.2, 0) is 4.79 Å². The zero-order chi connectivity index (χ0) is 15.1. The van der Waals surface area contributed by atoms with Gasteiger partial charge in [-0.15, -0.1) is 11.8 Å². The van der Waals surface area contributed by atoms with Crippen LogP contribution in [-0.4, -0.2) is 65.9 Å². The van der Waals surface area contributed by atoms with Crippen LogP contribution in [0.4, 0.5) is 0 Å². The predicted octanol–water partition coefficient (Wildman–Crippen LogP) is 1.61. The van der Waals surface area contributed by atoms with Crippen molar-refractivity contribution in [1.29, 1.82) is 0 Å². The lowest BCUT2D eigenvalue weighted by Gasteiger charge is -2.21. The summed E-state index contributed by atoms with van der Waals surface area (Å²) in [5.41, 5.74) is 1.24. The number of carbonyl (C=O) groups is 1. The van der Waals surface area contributed by atoms with Gasteiger partial charge < -0.3 is 10.0 Å².